The number of aromatic nitrogens is 4. The van der Waals surface area contributed by atoms with Crippen LogP contribution in [0.4, 0.5) is 10.3 Å². The van der Waals surface area contributed by atoms with E-state index in [0.717, 1.165) is 0 Å². The molecule has 2 N–H and O–H groups in total. The van der Waals surface area contributed by atoms with E-state index >= 15 is 4.39 Å². The molecule has 1 fully saturated rings. The molecule has 146 valence electrons. The maximum Gasteiger partial charge on any atom is 0.338 e. The summed E-state index contributed by atoms with van der Waals surface area (Å²) in [5.74, 6) is -0.542. The first-order valence-corrected chi connectivity index (χ1v) is 8.95. The Morgan fingerprint density at radius 3 is 2.93 bits per heavy atom. The van der Waals surface area contributed by atoms with Crippen LogP contribution in [0.1, 0.15) is 29.9 Å². The van der Waals surface area contributed by atoms with Crippen molar-refractivity contribution in [1.29, 1.82) is 0 Å². The summed E-state index contributed by atoms with van der Waals surface area (Å²) in [6, 6.07) is 8.56. The average Bonchev–Trinajstić information content (AvgIpc) is 3.20. The topological polar surface area (TPSA) is 105 Å². The highest BCUT2D eigenvalue weighted by Crippen LogP contribution is 2.42. The van der Waals surface area contributed by atoms with Crippen molar-refractivity contribution in [2.45, 2.75) is 31.3 Å². The highest BCUT2D eigenvalue weighted by molar-refractivity contribution is 6.33. The number of nitrogens with zero attached hydrogens (tertiary/aromatic N) is 4. The molecule has 1 aromatic carbocycles. The summed E-state index contributed by atoms with van der Waals surface area (Å²) in [6.07, 6.45) is -0.234. The van der Waals surface area contributed by atoms with E-state index in [2.05, 4.69) is 15.0 Å². The molecule has 1 saturated heterocycles. The Bertz CT molecular complexity index is 1030. The highest BCUT2D eigenvalue weighted by Gasteiger charge is 2.48. The summed E-state index contributed by atoms with van der Waals surface area (Å²) < 4.78 is 27.8. The Balaban J connectivity index is 1.52. The van der Waals surface area contributed by atoms with Gasteiger partial charge in [0.05, 0.1) is 18.0 Å². The molecule has 0 spiro atoms. The van der Waals surface area contributed by atoms with Gasteiger partial charge in [0.1, 0.15) is 12.1 Å². The second-order valence-electron chi connectivity index (χ2n) is 6.75. The van der Waals surface area contributed by atoms with Crippen molar-refractivity contribution >= 4 is 34.7 Å². The van der Waals surface area contributed by atoms with Gasteiger partial charge in [-0.2, -0.15) is 9.97 Å². The van der Waals surface area contributed by atoms with Crippen LogP contribution in [0.5, 0.6) is 0 Å². The van der Waals surface area contributed by atoms with Crippen molar-refractivity contribution in [3.8, 4) is 0 Å². The quantitative estimate of drug-likeness (QED) is 0.525. The molecule has 1 aliphatic rings. The number of fused-ring (bicyclic) bond motifs is 1. The number of carbonyl (C=O) groups excluding carboxylic acids is 1. The molecular weight excluding hydrogens is 389 g/mol. The predicted octanol–water partition coefficient (Wildman–Crippen LogP) is 2.93. The van der Waals surface area contributed by atoms with Crippen molar-refractivity contribution in [1.82, 2.24) is 19.5 Å². The number of nitrogens with two attached hydrogens (primary N) is 1. The molecule has 4 rings (SSSR count). The lowest BCUT2D eigenvalue weighted by atomic mass is 10.0. The first-order valence-electron chi connectivity index (χ1n) is 8.57. The summed E-state index contributed by atoms with van der Waals surface area (Å²) in [7, 11) is 0. The van der Waals surface area contributed by atoms with Crippen LogP contribution in [-0.2, 0) is 9.47 Å². The third-order valence-corrected chi connectivity index (χ3v) is 4.79. The fourth-order valence-corrected chi connectivity index (χ4v) is 3.49. The van der Waals surface area contributed by atoms with Gasteiger partial charge in [0.25, 0.3) is 0 Å². The molecule has 0 bridgehead atoms. The monoisotopic (exact) mass is 405 g/mol. The minimum Gasteiger partial charge on any atom is -0.459 e. The number of anilines is 1. The van der Waals surface area contributed by atoms with E-state index in [9.17, 15) is 4.79 Å². The van der Waals surface area contributed by atoms with E-state index in [1.54, 1.807) is 30.3 Å². The second-order valence-corrected chi connectivity index (χ2v) is 7.11. The number of ether oxygens (including phenoxy) is 2. The molecular formula is C18H17ClFN5O3. The van der Waals surface area contributed by atoms with Crippen LogP contribution in [0.2, 0.25) is 5.15 Å². The van der Waals surface area contributed by atoms with Crippen LogP contribution in [0, 0.1) is 0 Å². The third kappa shape index (κ3) is 3.38. The molecule has 28 heavy (non-hydrogen) atoms. The van der Waals surface area contributed by atoms with Crippen LogP contribution in [0.15, 0.2) is 36.7 Å². The molecule has 8 nitrogen and oxygen atoms in total. The molecule has 3 heterocycles. The number of hydrogen-bond donors (Lipinski definition) is 1. The summed E-state index contributed by atoms with van der Waals surface area (Å²) in [5.41, 5.74) is 4.89. The molecule has 10 heteroatoms. The van der Waals surface area contributed by atoms with Crippen LogP contribution in [-0.4, -0.2) is 43.9 Å². The number of carbonyl (C=O) groups is 1. The Morgan fingerprint density at radius 2 is 2.18 bits per heavy atom. The van der Waals surface area contributed by atoms with Gasteiger partial charge in [0.15, 0.2) is 22.7 Å². The maximum absolute atomic E-state index is 15.2. The molecule has 0 aliphatic carbocycles. The molecule has 0 radical (unpaired) electrons. The minimum atomic E-state index is -1.75. The first-order chi connectivity index (χ1) is 13.3. The SMILES string of the molecule is C[C@@]1(F)CC(COC(=O)c2ccccc2)OC1n1cnc2c(Cl)nc(N)nc21. The van der Waals surface area contributed by atoms with Crippen molar-refractivity contribution in [2.75, 3.05) is 12.3 Å². The number of hydrogen-bond acceptors (Lipinski definition) is 7. The number of alkyl halides is 1. The van der Waals surface area contributed by atoms with Crippen LogP contribution in [0.25, 0.3) is 11.2 Å². The highest BCUT2D eigenvalue weighted by atomic mass is 35.5. The number of imidazole rings is 1. The lowest BCUT2D eigenvalue weighted by Gasteiger charge is -2.22. The number of rotatable bonds is 4. The standard InChI is InChI=1S/C18H17ClFN5O3/c1-18(20)7-11(8-27-15(26)10-5-3-2-4-6-10)28-16(18)25-9-22-12-13(19)23-17(21)24-14(12)25/h2-6,9,11,16H,7-8H2,1H3,(H2,21,23,24)/t11?,16?,18-/m1/s1. The molecule has 2 unspecified atom stereocenters. The van der Waals surface area contributed by atoms with Crippen LogP contribution in [0.3, 0.4) is 0 Å². The zero-order valence-corrected chi connectivity index (χ0v) is 15.6. The summed E-state index contributed by atoms with van der Waals surface area (Å²) in [5, 5.41) is 0.0770. The first kappa shape index (κ1) is 18.6. The van der Waals surface area contributed by atoms with Gasteiger partial charge < -0.3 is 15.2 Å². The van der Waals surface area contributed by atoms with Crippen molar-refractivity contribution in [3.05, 3.63) is 47.4 Å². The zero-order valence-electron chi connectivity index (χ0n) is 14.9. The molecule has 0 saturated carbocycles. The average molecular weight is 406 g/mol. The minimum absolute atomic E-state index is 0.0354. The smallest absolute Gasteiger partial charge is 0.338 e. The van der Waals surface area contributed by atoms with Gasteiger partial charge in [-0.3, -0.25) is 4.57 Å². The molecule has 2 aromatic heterocycles. The number of halogens is 2. The Morgan fingerprint density at radius 1 is 1.43 bits per heavy atom. The Labute approximate surface area is 164 Å². The van der Waals surface area contributed by atoms with Crippen LogP contribution >= 0.6 is 11.6 Å². The molecule has 3 aromatic rings. The molecule has 0 amide bonds. The third-order valence-electron chi connectivity index (χ3n) is 4.52. The van der Waals surface area contributed by atoms with E-state index in [1.807, 2.05) is 0 Å². The van der Waals surface area contributed by atoms with Gasteiger partial charge in [-0.25, -0.2) is 14.2 Å². The van der Waals surface area contributed by atoms with Gasteiger partial charge in [0, 0.05) is 6.42 Å². The van der Waals surface area contributed by atoms with Gasteiger partial charge in [-0.05, 0) is 19.1 Å². The predicted molar refractivity (Wildman–Crippen MR) is 99.5 cm³/mol. The van der Waals surface area contributed by atoms with Crippen molar-refractivity contribution in [2.24, 2.45) is 0 Å². The lowest BCUT2D eigenvalue weighted by molar-refractivity contribution is -0.0601. The number of esters is 1. The Kier molecular flexibility index (Phi) is 4.64. The van der Waals surface area contributed by atoms with E-state index < -0.39 is 24.0 Å². The lowest BCUT2D eigenvalue weighted by Crippen LogP contribution is -2.27. The van der Waals surface area contributed by atoms with E-state index in [4.69, 9.17) is 26.8 Å². The normalized spacial score (nSPS) is 24.5. The fourth-order valence-electron chi connectivity index (χ4n) is 3.27. The second kappa shape index (κ2) is 6.99. The maximum atomic E-state index is 15.2. The fraction of sp³-hybridized carbons (Fsp3) is 0.333. The number of benzene rings is 1. The summed E-state index contributed by atoms with van der Waals surface area (Å²) >= 11 is 6.03. The van der Waals surface area contributed by atoms with E-state index in [-0.39, 0.29) is 29.8 Å². The Hall–Kier alpha value is -2.78. The van der Waals surface area contributed by atoms with Crippen molar-refractivity contribution < 1.29 is 18.7 Å². The van der Waals surface area contributed by atoms with Gasteiger partial charge in [-0.15, -0.1) is 0 Å². The summed E-state index contributed by atoms with van der Waals surface area (Å²) in [6.45, 7) is 1.34. The largest absolute Gasteiger partial charge is 0.459 e. The van der Waals surface area contributed by atoms with E-state index in [0.29, 0.717) is 11.1 Å². The zero-order chi connectivity index (χ0) is 19.9. The van der Waals surface area contributed by atoms with Gasteiger partial charge in [0.2, 0.25) is 5.95 Å². The number of nitrogen functional groups attached to an aromatic ring is 1. The molecule has 3 atom stereocenters. The van der Waals surface area contributed by atoms with Crippen LogP contribution < -0.4 is 5.73 Å². The molecule has 1 aliphatic heterocycles. The van der Waals surface area contributed by atoms with Crippen molar-refractivity contribution in [3.63, 3.8) is 0 Å². The summed E-state index contributed by atoms with van der Waals surface area (Å²) in [4.78, 5) is 24.1. The van der Waals surface area contributed by atoms with Gasteiger partial charge in [-0.1, -0.05) is 29.8 Å². The van der Waals surface area contributed by atoms with E-state index in [1.165, 1.54) is 17.8 Å². The van der Waals surface area contributed by atoms with Gasteiger partial charge >= 0.3 is 5.97 Å².